The van der Waals surface area contributed by atoms with Crippen molar-refractivity contribution in [3.05, 3.63) is 45.5 Å². The van der Waals surface area contributed by atoms with E-state index in [1.807, 2.05) is 4.90 Å². The molecule has 0 unspecified atom stereocenters. The fourth-order valence-electron chi connectivity index (χ4n) is 4.27. The van der Waals surface area contributed by atoms with Gasteiger partial charge in [-0.3, -0.25) is 14.9 Å². The van der Waals surface area contributed by atoms with Crippen LogP contribution in [-0.4, -0.2) is 38.7 Å². The molecule has 160 valence electrons. The summed E-state index contributed by atoms with van der Waals surface area (Å²) in [5, 5.41) is 23.0. The molecule has 3 heterocycles. The molecule has 0 radical (unpaired) electrons. The molecular weight excluding hydrogens is 384 g/mol. The topological polar surface area (TPSA) is 106 Å². The molecule has 0 bridgehead atoms. The number of aryl methyl sites for hydroxylation is 1. The molecule has 2 aliphatic heterocycles. The Morgan fingerprint density at radius 2 is 2.00 bits per heavy atom. The van der Waals surface area contributed by atoms with E-state index in [4.69, 9.17) is 0 Å². The first-order chi connectivity index (χ1) is 14.5. The Labute approximate surface area is 175 Å². The summed E-state index contributed by atoms with van der Waals surface area (Å²) in [5.74, 6) is 1.99. The van der Waals surface area contributed by atoms with Crippen molar-refractivity contribution in [2.75, 3.05) is 18.0 Å². The van der Waals surface area contributed by atoms with Gasteiger partial charge in [-0.2, -0.15) is 0 Å². The molecule has 1 fully saturated rings. The standard InChI is InChI=1S/C21H28N6O3/c1-15-8-11-25(12-9-15)17-7-6-16(13-18(17)27(29)30)21(28)22-14-20-24-23-19-5-3-2-4-10-26(19)20/h6-7,13,15H,2-5,8-12,14H2,1H3,(H,22,28). The van der Waals surface area contributed by atoms with Gasteiger partial charge in [0.15, 0.2) is 5.82 Å². The third-order valence-electron chi connectivity index (χ3n) is 6.15. The molecule has 2 aromatic rings. The van der Waals surface area contributed by atoms with Crippen LogP contribution in [-0.2, 0) is 19.5 Å². The van der Waals surface area contributed by atoms with Gasteiger partial charge < -0.3 is 14.8 Å². The van der Waals surface area contributed by atoms with Gasteiger partial charge >= 0.3 is 0 Å². The number of nitro benzene ring substituents is 1. The fraction of sp³-hybridized carbons (Fsp3) is 0.571. The molecule has 1 aromatic heterocycles. The number of benzene rings is 1. The normalized spacial score (nSPS) is 17.3. The van der Waals surface area contributed by atoms with Gasteiger partial charge in [-0.1, -0.05) is 13.3 Å². The second-order valence-corrected chi connectivity index (χ2v) is 8.31. The molecule has 0 spiro atoms. The van der Waals surface area contributed by atoms with Crippen LogP contribution in [0.15, 0.2) is 18.2 Å². The summed E-state index contributed by atoms with van der Waals surface area (Å²) < 4.78 is 2.08. The highest BCUT2D eigenvalue weighted by Crippen LogP contribution is 2.32. The number of carbonyl (C=O) groups excluding carboxylic acids is 1. The molecule has 4 rings (SSSR count). The molecule has 1 N–H and O–H groups in total. The molecule has 0 aliphatic carbocycles. The average Bonchev–Trinajstić information content (AvgIpc) is 2.98. The van der Waals surface area contributed by atoms with Crippen LogP contribution in [0, 0.1) is 16.0 Å². The zero-order valence-electron chi connectivity index (χ0n) is 17.3. The highest BCUT2D eigenvalue weighted by molar-refractivity contribution is 5.95. The lowest BCUT2D eigenvalue weighted by molar-refractivity contribution is -0.384. The van der Waals surface area contributed by atoms with Crippen molar-refractivity contribution in [3.8, 4) is 0 Å². The Bertz CT molecular complexity index is 933. The SMILES string of the molecule is CC1CCN(c2ccc(C(=O)NCc3nnc4n3CCCCC4)cc2[N+](=O)[O-])CC1. The number of hydrogen-bond acceptors (Lipinski definition) is 6. The van der Waals surface area contributed by atoms with Gasteiger partial charge in [-0.05, 0) is 43.7 Å². The molecule has 9 nitrogen and oxygen atoms in total. The molecule has 1 saturated heterocycles. The van der Waals surface area contributed by atoms with E-state index in [2.05, 4.69) is 27.0 Å². The summed E-state index contributed by atoms with van der Waals surface area (Å²) in [6.45, 7) is 4.91. The smallest absolute Gasteiger partial charge is 0.293 e. The van der Waals surface area contributed by atoms with Gasteiger partial charge in [0.1, 0.15) is 11.5 Å². The van der Waals surface area contributed by atoms with E-state index in [1.54, 1.807) is 12.1 Å². The van der Waals surface area contributed by atoms with Crippen LogP contribution < -0.4 is 10.2 Å². The number of anilines is 1. The number of fused-ring (bicyclic) bond motifs is 1. The summed E-state index contributed by atoms with van der Waals surface area (Å²) in [6, 6.07) is 4.75. The number of nitro groups is 1. The molecule has 2 aliphatic rings. The van der Waals surface area contributed by atoms with E-state index >= 15 is 0 Å². The Morgan fingerprint density at radius 3 is 2.77 bits per heavy atom. The minimum Gasteiger partial charge on any atom is -0.366 e. The first-order valence-corrected chi connectivity index (χ1v) is 10.8. The molecule has 1 aromatic carbocycles. The van der Waals surface area contributed by atoms with Crippen LogP contribution in [0.25, 0.3) is 0 Å². The van der Waals surface area contributed by atoms with Crippen LogP contribution in [0.4, 0.5) is 11.4 Å². The maximum Gasteiger partial charge on any atom is 0.293 e. The van der Waals surface area contributed by atoms with E-state index in [0.29, 0.717) is 11.6 Å². The van der Waals surface area contributed by atoms with Crippen molar-refractivity contribution in [1.29, 1.82) is 0 Å². The van der Waals surface area contributed by atoms with Gasteiger partial charge in [0.2, 0.25) is 0 Å². The van der Waals surface area contributed by atoms with Crippen LogP contribution in [0.1, 0.15) is 61.0 Å². The molecule has 30 heavy (non-hydrogen) atoms. The second-order valence-electron chi connectivity index (χ2n) is 8.31. The van der Waals surface area contributed by atoms with Crippen molar-refractivity contribution in [2.45, 2.75) is 58.5 Å². The minimum atomic E-state index is -0.400. The van der Waals surface area contributed by atoms with Gasteiger partial charge in [0.05, 0.1) is 11.5 Å². The average molecular weight is 412 g/mol. The molecular formula is C21H28N6O3. The van der Waals surface area contributed by atoms with E-state index in [-0.39, 0.29) is 23.7 Å². The summed E-state index contributed by atoms with van der Waals surface area (Å²) in [7, 11) is 0. The predicted octanol–water partition coefficient (Wildman–Crippen LogP) is 3.08. The van der Waals surface area contributed by atoms with Crippen molar-refractivity contribution in [3.63, 3.8) is 0 Å². The lowest BCUT2D eigenvalue weighted by Crippen LogP contribution is -2.33. The predicted molar refractivity (Wildman–Crippen MR) is 112 cm³/mol. The maximum absolute atomic E-state index is 12.7. The highest BCUT2D eigenvalue weighted by atomic mass is 16.6. The lowest BCUT2D eigenvalue weighted by atomic mass is 9.98. The Kier molecular flexibility index (Phi) is 5.96. The van der Waals surface area contributed by atoms with Crippen LogP contribution >= 0.6 is 0 Å². The van der Waals surface area contributed by atoms with Crippen molar-refractivity contribution >= 4 is 17.3 Å². The maximum atomic E-state index is 12.7. The zero-order valence-corrected chi connectivity index (χ0v) is 17.3. The van der Waals surface area contributed by atoms with E-state index in [9.17, 15) is 14.9 Å². The number of nitrogens with zero attached hydrogens (tertiary/aromatic N) is 5. The van der Waals surface area contributed by atoms with E-state index in [0.717, 1.165) is 63.4 Å². The Morgan fingerprint density at radius 1 is 1.20 bits per heavy atom. The lowest BCUT2D eigenvalue weighted by Gasteiger charge is -2.31. The quantitative estimate of drug-likeness (QED) is 0.597. The summed E-state index contributed by atoms with van der Waals surface area (Å²) in [4.78, 5) is 26.0. The summed E-state index contributed by atoms with van der Waals surface area (Å²) >= 11 is 0. The number of carbonyl (C=O) groups is 1. The van der Waals surface area contributed by atoms with Crippen molar-refractivity contribution in [1.82, 2.24) is 20.1 Å². The monoisotopic (exact) mass is 412 g/mol. The first kappa shape index (κ1) is 20.3. The number of nitrogens with one attached hydrogen (secondary N) is 1. The fourth-order valence-corrected chi connectivity index (χ4v) is 4.27. The molecule has 0 atom stereocenters. The van der Waals surface area contributed by atoms with Crippen molar-refractivity contribution in [2.24, 2.45) is 5.92 Å². The number of piperidine rings is 1. The van der Waals surface area contributed by atoms with Gasteiger partial charge in [-0.15, -0.1) is 10.2 Å². The zero-order chi connectivity index (χ0) is 21.1. The van der Waals surface area contributed by atoms with E-state index in [1.165, 1.54) is 12.5 Å². The summed E-state index contributed by atoms with van der Waals surface area (Å²) in [5.41, 5.74) is 0.853. The molecule has 9 heteroatoms. The first-order valence-electron chi connectivity index (χ1n) is 10.8. The van der Waals surface area contributed by atoms with Crippen LogP contribution in [0.3, 0.4) is 0 Å². The number of hydrogen-bond donors (Lipinski definition) is 1. The molecule has 1 amide bonds. The Hall–Kier alpha value is -2.97. The highest BCUT2D eigenvalue weighted by Gasteiger charge is 2.25. The number of aromatic nitrogens is 3. The van der Waals surface area contributed by atoms with Gasteiger partial charge in [-0.25, -0.2) is 0 Å². The van der Waals surface area contributed by atoms with E-state index < -0.39 is 4.92 Å². The molecule has 0 saturated carbocycles. The van der Waals surface area contributed by atoms with Crippen LogP contribution in [0.2, 0.25) is 0 Å². The minimum absolute atomic E-state index is 0.0199. The van der Waals surface area contributed by atoms with Gasteiger partial charge in [0.25, 0.3) is 11.6 Å². The summed E-state index contributed by atoms with van der Waals surface area (Å²) in [6.07, 6.45) is 6.29. The van der Waals surface area contributed by atoms with Crippen molar-refractivity contribution < 1.29 is 9.72 Å². The second kappa shape index (κ2) is 8.81. The number of amides is 1. The number of rotatable bonds is 5. The largest absolute Gasteiger partial charge is 0.366 e. The van der Waals surface area contributed by atoms with Gasteiger partial charge in [0, 0.05) is 37.7 Å². The third-order valence-corrected chi connectivity index (χ3v) is 6.15. The Balaban J connectivity index is 1.47. The third kappa shape index (κ3) is 4.29. The van der Waals surface area contributed by atoms with Crippen LogP contribution in [0.5, 0.6) is 0 Å².